The van der Waals surface area contributed by atoms with Gasteiger partial charge in [0.15, 0.2) is 0 Å². The lowest BCUT2D eigenvalue weighted by atomic mass is 9.90. The Kier molecular flexibility index (Phi) is 7.85. The van der Waals surface area contributed by atoms with E-state index in [4.69, 9.17) is 5.14 Å². The fraction of sp³-hybridized carbons (Fsp3) is 0.333. The van der Waals surface area contributed by atoms with Gasteiger partial charge in [-0.05, 0) is 59.4 Å². The zero-order valence-corrected chi connectivity index (χ0v) is 18.9. The number of urea groups is 1. The van der Waals surface area contributed by atoms with Crippen LogP contribution < -0.4 is 10.5 Å². The highest BCUT2D eigenvalue weighted by Gasteiger charge is 2.18. The summed E-state index contributed by atoms with van der Waals surface area (Å²) in [6, 6.07) is 12.2. The molecule has 0 fully saturated rings. The Morgan fingerprint density at radius 1 is 1.07 bits per heavy atom. The third-order valence-electron chi connectivity index (χ3n) is 4.38. The van der Waals surface area contributed by atoms with Crippen LogP contribution in [0.5, 0.6) is 0 Å². The molecule has 0 aliphatic heterocycles. The van der Waals surface area contributed by atoms with Gasteiger partial charge in [-0.1, -0.05) is 27.7 Å². The number of nitrogens with zero attached hydrogens (tertiary/aromatic N) is 2. The molecule has 8 heteroatoms. The molecule has 2 amide bonds. The molecular formula is C21H26N4O2S2. The van der Waals surface area contributed by atoms with E-state index < -0.39 is 27.7 Å². The van der Waals surface area contributed by atoms with E-state index >= 15 is 0 Å². The second kappa shape index (κ2) is 9.92. The smallest absolute Gasteiger partial charge is 0.305 e. The number of nitriles is 1. The Hall–Kier alpha value is -2.34. The molecule has 3 N–H and O–H groups in total. The zero-order valence-electron chi connectivity index (χ0n) is 17.2. The number of benzene rings is 2. The molecule has 2 atom stereocenters. The average Bonchev–Trinajstić information content (AvgIpc) is 2.67. The molecule has 0 aliphatic carbocycles. The van der Waals surface area contributed by atoms with Gasteiger partial charge in [-0.2, -0.15) is 9.62 Å². The van der Waals surface area contributed by atoms with Crippen molar-refractivity contribution < 1.29 is 9.00 Å². The number of hydrogen-bond acceptors (Lipinski definition) is 3. The third-order valence-corrected chi connectivity index (χ3v) is 6.44. The van der Waals surface area contributed by atoms with Crippen molar-refractivity contribution in [2.24, 2.45) is 9.50 Å². The van der Waals surface area contributed by atoms with Crippen LogP contribution in [0.3, 0.4) is 0 Å². The summed E-state index contributed by atoms with van der Waals surface area (Å²) in [5, 5.41) is 18.3. The van der Waals surface area contributed by atoms with E-state index in [-0.39, 0.29) is 11.8 Å². The maximum Gasteiger partial charge on any atom is 0.352 e. The van der Waals surface area contributed by atoms with Gasteiger partial charge in [-0.15, -0.1) is 0 Å². The van der Waals surface area contributed by atoms with Crippen molar-refractivity contribution in [2.45, 2.75) is 49.3 Å². The summed E-state index contributed by atoms with van der Waals surface area (Å²) in [5.41, 5.74) is 3.04. The lowest BCUT2D eigenvalue weighted by Crippen LogP contribution is -2.15. The monoisotopic (exact) mass is 430 g/mol. The van der Waals surface area contributed by atoms with Crippen LogP contribution >= 0.6 is 0 Å². The van der Waals surface area contributed by atoms with Crippen LogP contribution in [-0.4, -0.2) is 16.5 Å². The number of carbonyl (C=O) groups is 1. The standard InChI is InChI=1S/C21H26N4O2S2/c1-13(2)18-10-15(12-22)11-19(14(3)4)20(18)24-21(26)25-29(23)17-8-6-16(7-9-17)28(5)27/h6-11,13-14H,1-5H3,(H3,23,24,25,26). The first kappa shape index (κ1) is 22.9. The van der Waals surface area contributed by atoms with Crippen molar-refractivity contribution in [1.29, 1.82) is 5.26 Å². The van der Waals surface area contributed by atoms with E-state index in [0.717, 1.165) is 11.1 Å². The lowest BCUT2D eigenvalue weighted by Gasteiger charge is -2.20. The largest absolute Gasteiger partial charge is 0.352 e. The van der Waals surface area contributed by atoms with Crippen LogP contribution in [0.4, 0.5) is 10.5 Å². The van der Waals surface area contributed by atoms with Crippen LogP contribution in [0.25, 0.3) is 0 Å². The molecule has 0 saturated heterocycles. The molecular weight excluding hydrogens is 404 g/mol. The first-order chi connectivity index (χ1) is 13.6. The summed E-state index contributed by atoms with van der Waals surface area (Å²) in [7, 11) is -2.21. The molecule has 29 heavy (non-hydrogen) atoms. The van der Waals surface area contributed by atoms with E-state index in [2.05, 4.69) is 15.7 Å². The van der Waals surface area contributed by atoms with E-state index in [1.807, 2.05) is 27.7 Å². The van der Waals surface area contributed by atoms with Gasteiger partial charge >= 0.3 is 6.03 Å². The zero-order chi connectivity index (χ0) is 21.7. The van der Waals surface area contributed by atoms with Crippen LogP contribution in [0.1, 0.15) is 56.2 Å². The quantitative estimate of drug-likeness (QED) is 0.709. The normalized spacial score (nSPS) is 13.3. The average molecular weight is 431 g/mol. The molecule has 6 nitrogen and oxygen atoms in total. The van der Waals surface area contributed by atoms with Gasteiger partial charge in [0.25, 0.3) is 0 Å². The molecule has 0 heterocycles. The van der Waals surface area contributed by atoms with Gasteiger partial charge in [0.05, 0.1) is 11.6 Å². The van der Waals surface area contributed by atoms with Gasteiger partial charge < -0.3 is 5.32 Å². The topological polar surface area (TPSA) is 108 Å². The number of amides is 2. The summed E-state index contributed by atoms with van der Waals surface area (Å²) in [5.74, 6) is 0.240. The minimum Gasteiger partial charge on any atom is -0.305 e. The molecule has 0 aliphatic rings. The highest BCUT2D eigenvalue weighted by molar-refractivity contribution is 7.85. The molecule has 0 aromatic heterocycles. The number of nitrogens with two attached hydrogens (primary N) is 1. The molecule has 154 valence electrons. The molecule has 0 spiro atoms. The van der Waals surface area contributed by atoms with Crippen molar-refractivity contribution in [3.8, 4) is 6.07 Å². The summed E-state index contributed by atoms with van der Waals surface area (Å²) >= 11 is 0. The molecule has 2 aromatic rings. The minimum atomic E-state index is -1.14. The van der Waals surface area contributed by atoms with E-state index in [0.29, 0.717) is 21.0 Å². The van der Waals surface area contributed by atoms with E-state index in [1.54, 1.807) is 42.7 Å². The van der Waals surface area contributed by atoms with Crippen molar-refractivity contribution in [3.05, 3.63) is 53.1 Å². The van der Waals surface area contributed by atoms with Gasteiger partial charge in [-0.3, -0.25) is 9.35 Å². The maximum atomic E-state index is 12.6. The number of carbonyl (C=O) groups excluding carboxylic acids is 1. The van der Waals surface area contributed by atoms with E-state index in [1.165, 1.54) is 0 Å². The molecule has 0 bridgehead atoms. The molecule has 2 rings (SSSR count). The molecule has 0 radical (unpaired) electrons. The summed E-state index contributed by atoms with van der Waals surface area (Å²) in [4.78, 5) is 14.0. The minimum absolute atomic E-state index is 0.120. The number of rotatable bonds is 5. The Balaban J connectivity index is 2.37. The second-order valence-electron chi connectivity index (χ2n) is 7.21. The van der Waals surface area contributed by atoms with Crippen molar-refractivity contribution in [1.82, 2.24) is 0 Å². The van der Waals surface area contributed by atoms with Gasteiger partial charge in [0.1, 0.15) is 0 Å². The fourth-order valence-electron chi connectivity index (χ4n) is 2.85. The highest BCUT2D eigenvalue weighted by Crippen LogP contribution is 2.34. The SMILES string of the molecule is CC(C)c1cc(C#N)cc(C(C)C)c1NC(=O)N=S(N)c1ccc(S(C)=O)cc1. The van der Waals surface area contributed by atoms with Gasteiger partial charge in [-0.25, -0.2) is 4.79 Å². The fourth-order valence-corrected chi connectivity index (χ4v) is 4.11. The Labute approximate surface area is 177 Å². The maximum absolute atomic E-state index is 12.6. The highest BCUT2D eigenvalue weighted by atomic mass is 32.2. The Bertz CT molecular complexity index is 977. The summed E-state index contributed by atoms with van der Waals surface area (Å²) in [6.45, 7) is 8.06. The predicted molar refractivity (Wildman–Crippen MR) is 119 cm³/mol. The first-order valence-electron chi connectivity index (χ1n) is 9.17. The third kappa shape index (κ3) is 5.82. The van der Waals surface area contributed by atoms with Crippen LogP contribution in [-0.2, 0) is 21.7 Å². The summed E-state index contributed by atoms with van der Waals surface area (Å²) < 4.78 is 15.6. The number of anilines is 1. The van der Waals surface area contributed by atoms with Crippen LogP contribution in [0, 0.1) is 11.3 Å². The van der Waals surface area contributed by atoms with Crippen molar-refractivity contribution in [2.75, 3.05) is 11.6 Å². The Morgan fingerprint density at radius 3 is 1.97 bits per heavy atom. The number of hydrogen-bond donors (Lipinski definition) is 2. The molecule has 2 aromatic carbocycles. The van der Waals surface area contributed by atoms with Gasteiger partial charge in [0, 0.05) is 43.4 Å². The second-order valence-corrected chi connectivity index (χ2v) is 9.88. The van der Waals surface area contributed by atoms with Gasteiger partial charge in [0.2, 0.25) is 0 Å². The lowest BCUT2D eigenvalue weighted by molar-refractivity contribution is 0.260. The van der Waals surface area contributed by atoms with Crippen molar-refractivity contribution in [3.63, 3.8) is 0 Å². The number of nitrogens with one attached hydrogen (secondary N) is 1. The predicted octanol–water partition coefficient (Wildman–Crippen LogP) is 4.81. The molecule has 2 unspecified atom stereocenters. The molecule has 0 saturated carbocycles. The van der Waals surface area contributed by atoms with Crippen LogP contribution in [0.15, 0.2) is 50.6 Å². The van der Waals surface area contributed by atoms with E-state index in [9.17, 15) is 14.3 Å². The first-order valence-corrected chi connectivity index (χ1v) is 12.0. The van der Waals surface area contributed by atoms with Crippen molar-refractivity contribution >= 4 is 33.4 Å². The van der Waals surface area contributed by atoms with Crippen LogP contribution in [0.2, 0.25) is 0 Å². The summed E-state index contributed by atoms with van der Waals surface area (Å²) in [6.07, 6.45) is 1.60. The Morgan fingerprint density at radius 2 is 1.55 bits per heavy atom.